The Balaban J connectivity index is -0.00000128. The molecule has 0 radical (unpaired) electrons. The van der Waals surface area contributed by atoms with Crippen molar-refractivity contribution in [1.82, 2.24) is 0 Å². The van der Waals surface area contributed by atoms with Crippen LogP contribution in [0.4, 0.5) is 0 Å². The van der Waals surface area contributed by atoms with Crippen LogP contribution in [0.25, 0.3) is 0 Å². The molecule has 0 spiro atoms. The zero-order valence-electron chi connectivity index (χ0n) is 12.8. The Hall–Kier alpha value is 1.82. The Kier molecular flexibility index (Phi) is 5.50. The summed E-state index contributed by atoms with van der Waals surface area (Å²) in [5.41, 5.74) is -8.86. The molecule has 0 bridgehead atoms. The van der Waals surface area contributed by atoms with Gasteiger partial charge in [-0.15, -0.1) is 0 Å². The van der Waals surface area contributed by atoms with Crippen LogP contribution < -0.4 is 59.1 Å². The largest absolute Gasteiger partial charge is 1.00 e. The predicted molar refractivity (Wildman–Crippen MR) is 33.7 cm³/mol. The van der Waals surface area contributed by atoms with E-state index in [0.29, 0.717) is 0 Å². The standard InChI is InChI=1S/C3H8O6S2.2Na/c4-10(5,6)2-1-3-11(7,8)9;;/h1-3H2,(H,4,5,6)(H,7,8,9);;/q;2*+1/p-2/i1D2,2D2,3D2;;. The molecule has 0 aromatic carbocycles. The summed E-state index contributed by atoms with van der Waals surface area (Å²) in [4.78, 5) is 0. The first-order valence-electron chi connectivity index (χ1n) is 4.91. The summed E-state index contributed by atoms with van der Waals surface area (Å²) in [5, 5.41) is 0. The molecule has 0 aliphatic carbocycles. The van der Waals surface area contributed by atoms with Crippen LogP contribution in [0.3, 0.4) is 0 Å². The second kappa shape index (κ2) is 8.03. The van der Waals surface area contributed by atoms with Gasteiger partial charge >= 0.3 is 59.1 Å². The number of rotatable bonds is 4. The van der Waals surface area contributed by atoms with Gasteiger partial charge in [-0.2, -0.15) is 0 Å². The van der Waals surface area contributed by atoms with Gasteiger partial charge in [0.15, 0.2) is 0 Å². The third-order valence-electron chi connectivity index (χ3n) is 0.352. The molecule has 0 N–H and O–H groups in total. The molecule has 0 atom stereocenters. The van der Waals surface area contributed by atoms with Crippen LogP contribution in [-0.2, 0) is 20.2 Å². The van der Waals surface area contributed by atoms with E-state index in [-0.39, 0.29) is 59.1 Å². The van der Waals surface area contributed by atoms with Crippen molar-refractivity contribution in [2.45, 2.75) is 6.37 Å². The van der Waals surface area contributed by atoms with Crippen LogP contribution in [0.2, 0.25) is 0 Å². The molecule has 0 saturated carbocycles. The fourth-order valence-corrected chi connectivity index (χ4v) is 0.562. The third kappa shape index (κ3) is 20.0. The van der Waals surface area contributed by atoms with Gasteiger partial charge in [-0.25, -0.2) is 16.8 Å². The van der Waals surface area contributed by atoms with Crippen molar-refractivity contribution in [3.63, 3.8) is 0 Å². The fourth-order valence-electron chi connectivity index (χ4n) is 0.146. The van der Waals surface area contributed by atoms with Gasteiger partial charge < -0.3 is 9.11 Å². The molecule has 0 heterocycles. The summed E-state index contributed by atoms with van der Waals surface area (Å²) < 4.78 is 103. The smallest absolute Gasteiger partial charge is 0.748 e. The molecular formula is C3H6Na2O6S2. The van der Waals surface area contributed by atoms with E-state index in [1.807, 2.05) is 0 Å². The van der Waals surface area contributed by atoms with E-state index in [0.717, 1.165) is 0 Å². The number of hydrogen-bond donors (Lipinski definition) is 0. The summed E-state index contributed by atoms with van der Waals surface area (Å²) in [6.07, 6.45) is -4.37. The Morgan fingerprint density at radius 3 is 1.31 bits per heavy atom. The predicted octanol–water partition coefficient (Wildman–Crippen LogP) is -7.53. The molecule has 13 heavy (non-hydrogen) atoms. The van der Waals surface area contributed by atoms with Crippen molar-refractivity contribution < 1.29 is 93.3 Å². The first-order valence-corrected chi connectivity index (χ1v) is 4.72. The van der Waals surface area contributed by atoms with E-state index in [1.165, 1.54) is 0 Å². The average Bonchev–Trinajstić information content (AvgIpc) is 1.98. The van der Waals surface area contributed by atoms with Crippen molar-refractivity contribution in [3.8, 4) is 0 Å². The Morgan fingerprint density at radius 2 is 1.15 bits per heavy atom. The van der Waals surface area contributed by atoms with Crippen LogP contribution in [-0.4, -0.2) is 37.4 Å². The second-order valence-electron chi connectivity index (χ2n) is 1.24. The summed E-state index contributed by atoms with van der Waals surface area (Å²) in [6, 6.07) is 0. The van der Waals surface area contributed by atoms with Crippen molar-refractivity contribution >= 4 is 20.2 Å². The van der Waals surface area contributed by atoms with E-state index < -0.39 is 38.0 Å². The fraction of sp³-hybridized carbons (Fsp3) is 1.00. The summed E-state index contributed by atoms with van der Waals surface area (Å²) >= 11 is 0. The van der Waals surface area contributed by atoms with Crippen LogP contribution >= 0.6 is 0 Å². The maximum Gasteiger partial charge on any atom is 1.00 e. The normalized spacial score (nSPS) is 21.4. The topological polar surface area (TPSA) is 114 Å². The molecule has 0 fully saturated rings. The maximum atomic E-state index is 10.4. The van der Waals surface area contributed by atoms with E-state index in [9.17, 15) is 25.9 Å². The van der Waals surface area contributed by atoms with Gasteiger partial charge in [0.1, 0.15) is 0 Å². The summed E-state index contributed by atoms with van der Waals surface area (Å²) in [6.45, 7) is 0. The summed E-state index contributed by atoms with van der Waals surface area (Å²) in [5.74, 6) is 0. The van der Waals surface area contributed by atoms with Gasteiger partial charge in [-0.1, -0.05) is 0 Å². The first kappa shape index (κ1) is 8.91. The van der Waals surface area contributed by atoms with Gasteiger partial charge in [0.2, 0.25) is 0 Å². The minimum Gasteiger partial charge on any atom is -0.748 e. The first-order chi connectivity index (χ1) is 7.00. The molecule has 68 valence electrons. The van der Waals surface area contributed by atoms with Gasteiger partial charge in [-0.05, 0) is 6.37 Å². The monoisotopic (exact) mass is 254 g/mol. The van der Waals surface area contributed by atoms with Crippen molar-refractivity contribution in [2.24, 2.45) is 0 Å². The van der Waals surface area contributed by atoms with Crippen LogP contribution in [0.15, 0.2) is 0 Å². The average molecular weight is 254 g/mol. The van der Waals surface area contributed by atoms with E-state index >= 15 is 0 Å². The van der Waals surface area contributed by atoms with Gasteiger partial charge in [0.05, 0.1) is 20.2 Å². The molecule has 0 saturated heterocycles. The molecule has 0 aromatic heterocycles. The minimum absolute atomic E-state index is 0. The molecule has 0 aliphatic heterocycles. The van der Waals surface area contributed by atoms with Crippen LogP contribution in [0.5, 0.6) is 0 Å². The maximum absolute atomic E-state index is 10.4. The van der Waals surface area contributed by atoms with Crippen molar-refractivity contribution in [3.05, 3.63) is 0 Å². The summed E-state index contributed by atoms with van der Waals surface area (Å²) in [7, 11) is -12.1. The van der Waals surface area contributed by atoms with Gasteiger partial charge in [0.25, 0.3) is 0 Å². The third-order valence-corrected chi connectivity index (χ3v) is 1.06. The Morgan fingerprint density at radius 1 is 0.923 bits per heavy atom. The minimum atomic E-state index is -6.04. The molecule has 0 amide bonds. The molecule has 10 heteroatoms. The molecule has 0 aromatic rings. The van der Waals surface area contributed by atoms with Gasteiger partial charge in [0, 0.05) is 19.6 Å². The Labute approximate surface area is 130 Å². The Bertz CT molecular complexity index is 467. The quantitative estimate of drug-likeness (QED) is 0.363. The van der Waals surface area contributed by atoms with Crippen LogP contribution in [0.1, 0.15) is 14.6 Å². The zero-order valence-corrected chi connectivity index (χ0v) is 12.4. The zero-order chi connectivity index (χ0) is 14.5. The van der Waals surface area contributed by atoms with Crippen LogP contribution in [0, 0.1) is 0 Å². The van der Waals surface area contributed by atoms with E-state index in [1.54, 1.807) is 0 Å². The molecule has 0 rings (SSSR count). The second-order valence-corrected chi connectivity index (χ2v) is 3.46. The van der Waals surface area contributed by atoms with Gasteiger partial charge in [-0.3, -0.25) is 0 Å². The van der Waals surface area contributed by atoms with Crippen molar-refractivity contribution in [2.75, 3.05) is 11.4 Å². The molecule has 0 aliphatic rings. The van der Waals surface area contributed by atoms with Crippen molar-refractivity contribution in [1.29, 1.82) is 0 Å². The molecular weight excluding hydrogens is 242 g/mol. The SMILES string of the molecule is [2H]C([2H])(C([2H])([2H])S(=O)(=O)[O-])C([2H])([2H])S(=O)(=O)[O-].[Na+].[Na+]. The number of hydrogen-bond acceptors (Lipinski definition) is 6. The van der Waals surface area contributed by atoms with E-state index in [4.69, 9.17) is 8.22 Å². The molecule has 0 unspecified atom stereocenters. The van der Waals surface area contributed by atoms with E-state index in [2.05, 4.69) is 0 Å². The molecule has 6 nitrogen and oxygen atoms in total.